The Labute approximate surface area is 121 Å². The smallest absolute Gasteiger partial charge is 0.303 e. The van der Waals surface area contributed by atoms with Crippen molar-refractivity contribution in [2.24, 2.45) is 0 Å². The lowest BCUT2D eigenvalue weighted by molar-refractivity contribution is -0.137. The van der Waals surface area contributed by atoms with Gasteiger partial charge in [0.15, 0.2) is 0 Å². The van der Waals surface area contributed by atoms with Gasteiger partial charge in [0.1, 0.15) is 11.9 Å². The molecule has 0 radical (unpaired) electrons. The highest BCUT2D eigenvalue weighted by atomic mass is 79.9. The Morgan fingerprint density at radius 2 is 2.37 bits per heavy atom. The van der Waals surface area contributed by atoms with Crippen LogP contribution in [0.4, 0.5) is 0 Å². The minimum atomic E-state index is -0.734. The molecule has 1 atom stereocenters. The fourth-order valence-electron chi connectivity index (χ4n) is 2.33. The third-order valence-electron chi connectivity index (χ3n) is 3.21. The van der Waals surface area contributed by atoms with Crippen LogP contribution in [0.5, 0.6) is 5.75 Å². The van der Waals surface area contributed by atoms with Crippen molar-refractivity contribution in [3.63, 3.8) is 0 Å². The van der Waals surface area contributed by atoms with Crippen LogP contribution in [0.3, 0.4) is 0 Å². The number of rotatable bonds is 6. The van der Waals surface area contributed by atoms with Gasteiger partial charge in [-0.1, -0.05) is 15.9 Å². The molecule has 1 aliphatic heterocycles. The lowest BCUT2D eigenvalue weighted by Crippen LogP contribution is -2.32. The number of carbonyl (C=O) groups is 1. The van der Waals surface area contributed by atoms with Crippen molar-refractivity contribution in [1.82, 2.24) is 4.90 Å². The van der Waals surface area contributed by atoms with Crippen LogP contribution in [-0.4, -0.2) is 42.2 Å². The molecule has 0 spiro atoms. The number of ether oxygens (including phenoxy) is 1. The molecule has 2 rings (SSSR count). The quantitative estimate of drug-likeness (QED) is 0.872. The van der Waals surface area contributed by atoms with Crippen molar-refractivity contribution < 1.29 is 14.6 Å². The number of aliphatic carboxylic acids is 1. The normalized spacial score (nSPS) is 17.3. The molecule has 0 saturated carbocycles. The molecule has 4 nitrogen and oxygen atoms in total. The molecule has 0 bridgehead atoms. The molecule has 0 aliphatic carbocycles. The summed E-state index contributed by atoms with van der Waals surface area (Å²) in [5.74, 6) is 0.231. The molecule has 1 unspecified atom stereocenters. The van der Waals surface area contributed by atoms with E-state index < -0.39 is 5.97 Å². The van der Waals surface area contributed by atoms with E-state index in [4.69, 9.17) is 9.84 Å². The van der Waals surface area contributed by atoms with E-state index in [9.17, 15) is 4.79 Å². The number of likely N-dealkylation sites (N-methyl/N-ethyl adjacent to an activating group) is 1. The van der Waals surface area contributed by atoms with Crippen LogP contribution in [0, 0.1) is 0 Å². The molecule has 0 aromatic heterocycles. The van der Waals surface area contributed by atoms with Gasteiger partial charge in [0.2, 0.25) is 0 Å². The van der Waals surface area contributed by atoms with Crippen LogP contribution in [-0.2, 0) is 11.2 Å². The van der Waals surface area contributed by atoms with Crippen molar-refractivity contribution in [2.45, 2.75) is 25.4 Å². The highest BCUT2D eigenvalue weighted by molar-refractivity contribution is 9.10. The van der Waals surface area contributed by atoms with Crippen LogP contribution in [0.25, 0.3) is 0 Å². The Balaban J connectivity index is 1.78. The highest BCUT2D eigenvalue weighted by Crippen LogP contribution is 2.31. The maximum absolute atomic E-state index is 10.5. The van der Waals surface area contributed by atoms with Crippen molar-refractivity contribution in [3.05, 3.63) is 28.2 Å². The standard InChI is InChI=1S/C14H18BrNO3/c1-16(6-2-3-14(17)18)9-12-8-10-7-11(15)4-5-13(10)19-12/h4-5,7,12H,2-3,6,8-9H2,1H3,(H,17,18). The van der Waals surface area contributed by atoms with Crippen molar-refractivity contribution in [1.29, 1.82) is 0 Å². The van der Waals surface area contributed by atoms with Crippen LogP contribution in [0.1, 0.15) is 18.4 Å². The maximum Gasteiger partial charge on any atom is 0.303 e. The van der Waals surface area contributed by atoms with Gasteiger partial charge in [-0.15, -0.1) is 0 Å². The molecule has 1 aliphatic rings. The first-order valence-electron chi connectivity index (χ1n) is 6.40. The van der Waals surface area contributed by atoms with Gasteiger partial charge in [0.05, 0.1) is 0 Å². The Bertz CT molecular complexity index is 464. The molecule has 104 valence electrons. The number of halogens is 1. The average molecular weight is 328 g/mol. The van der Waals surface area contributed by atoms with E-state index in [0.717, 1.165) is 29.7 Å². The van der Waals surface area contributed by atoms with Crippen molar-refractivity contribution in [2.75, 3.05) is 20.1 Å². The van der Waals surface area contributed by atoms with E-state index >= 15 is 0 Å². The highest BCUT2D eigenvalue weighted by Gasteiger charge is 2.23. The van der Waals surface area contributed by atoms with E-state index in [1.807, 2.05) is 19.2 Å². The van der Waals surface area contributed by atoms with Gasteiger partial charge in [0, 0.05) is 23.9 Å². The zero-order valence-corrected chi connectivity index (χ0v) is 12.5. The lowest BCUT2D eigenvalue weighted by Gasteiger charge is -2.20. The Hall–Kier alpha value is -1.07. The summed E-state index contributed by atoms with van der Waals surface area (Å²) in [5.41, 5.74) is 1.23. The monoisotopic (exact) mass is 327 g/mol. The van der Waals surface area contributed by atoms with E-state index in [2.05, 4.69) is 26.9 Å². The van der Waals surface area contributed by atoms with Gasteiger partial charge in [-0.25, -0.2) is 0 Å². The molecule has 0 saturated heterocycles. The summed E-state index contributed by atoms with van der Waals surface area (Å²) >= 11 is 3.46. The van der Waals surface area contributed by atoms with Crippen molar-refractivity contribution in [3.8, 4) is 5.75 Å². The summed E-state index contributed by atoms with van der Waals surface area (Å²) in [7, 11) is 2.00. The molecule has 0 fully saturated rings. The Morgan fingerprint density at radius 1 is 1.58 bits per heavy atom. The first-order chi connectivity index (χ1) is 9.04. The summed E-state index contributed by atoms with van der Waals surface area (Å²) < 4.78 is 6.96. The lowest BCUT2D eigenvalue weighted by atomic mass is 10.1. The number of hydrogen-bond donors (Lipinski definition) is 1. The first kappa shape index (κ1) is 14.3. The number of carboxylic acid groups (broad SMARTS) is 1. The van der Waals surface area contributed by atoms with E-state index in [1.54, 1.807) is 0 Å². The topological polar surface area (TPSA) is 49.8 Å². The van der Waals surface area contributed by atoms with Gasteiger partial charge >= 0.3 is 5.97 Å². The molecule has 1 aromatic rings. The second-order valence-corrected chi connectivity index (χ2v) is 5.87. The Morgan fingerprint density at radius 3 is 3.11 bits per heavy atom. The van der Waals surface area contributed by atoms with Gasteiger partial charge in [-0.05, 0) is 43.8 Å². The van der Waals surface area contributed by atoms with Gasteiger partial charge in [0.25, 0.3) is 0 Å². The Kier molecular flexibility index (Phi) is 4.82. The SMILES string of the molecule is CN(CCCC(=O)O)CC1Cc2cc(Br)ccc2O1. The molecule has 19 heavy (non-hydrogen) atoms. The van der Waals surface area contributed by atoms with Gasteiger partial charge in [-0.2, -0.15) is 0 Å². The number of carboxylic acids is 1. The van der Waals surface area contributed by atoms with E-state index in [1.165, 1.54) is 5.56 Å². The molecule has 1 N–H and O–H groups in total. The number of fused-ring (bicyclic) bond motifs is 1. The minimum Gasteiger partial charge on any atom is -0.488 e. The van der Waals surface area contributed by atoms with E-state index in [0.29, 0.717) is 6.42 Å². The zero-order valence-electron chi connectivity index (χ0n) is 10.9. The zero-order chi connectivity index (χ0) is 13.8. The predicted octanol–water partition coefficient (Wildman–Crippen LogP) is 2.55. The third-order valence-corrected chi connectivity index (χ3v) is 3.70. The number of hydrogen-bond acceptors (Lipinski definition) is 3. The molecule has 1 heterocycles. The van der Waals surface area contributed by atoms with E-state index in [-0.39, 0.29) is 12.5 Å². The second-order valence-electron chi connectivity index (χ2n) is 4.96. The molecule has 0 amide bonds. The van der Waals surface area contributed by atoms with Crippen LogP contribution in [0.15, 0.2) is 22.7 Å². The van der Waals surface area contributed by atoms with Gasteiger partial charge < -0.3 is 14.7 Å². The number of benzene rings is 1. The predicted molar refractivity (Wildman–Crippen MR) is 76.6 cm³/mol. The maximum atomic E-state index is 10.5. The minimum absolute atomic E-state index is 0.166. The summed E-state index contributed by atoms with van der Waals surface area (Å²) in [6.45, 7) is 1.61. The molecule has 1 aromatic carbocycles. The fourth-order valence-corrected chi connectivity index (χ4v) is 2.74. The van der Waals surface area contributed by atoms with Crippen molar-refractivity contribution >= 4 is 21.9 Å². The van der Waals surface area contributed by atoms with Crippen LogP contribution >= 0.6 is 15.9 Å². The molecule has 5 heteroatoms. The largest absolute Gasteiger partial charge is 0.488 e. The number of nitrogens with zero attached hydrogens (tertiary/aromatic N) is 1. The third kappa shape index (κ3) is 4.21. The van der Waals surface area contributed by atoms with Gasteiger partial charge in [-0.3, -0.25) is 4.79 Å². The second kappa shape index (κ2) is 6.39. The fraction of sp³-hybridized carbons (Fsp3) is 0.500. The summed E-state index contributed by atoms with van der Waals surface area (Å²) in [5, 5.41) is 8.61. The van der Waals surface area contributed by atoms with Crippen LogP contribution in [0.2, 0.25) is 0 Å². The average Bonchev–Trinajstić information content (AvgIpc) is 2.69. The summed E-state index contributed by atoms with van der Waals surface area (Å²) in [6, 6.07) is 6.07. The molecular weight excluding hydrogens is 310 g/mol. The first-order valence-corrected chi connectivity index (χ1v) is 7.19. The van der Waals surface area contributed by atoms with Crippen LogP contribution < -0.4 is 4.74 Å². The molecular formula is C14H18BrNO3. The summed E-state index contributed by atoms with van der Waals surface area (Å²) in [6.07, 6.45) is 1.98. The summed E-state index contributed by atoms with van der Waals surface area (Å²) in [4.78, 5) is 12.6.